The van der Waals surface area contributed by atoms with Gasteiger partial charge in [-0.15, -0.1) is 16.9 Å². The van der Waals surface area contributed by atoms with Crippen LogP contribution in [0.4, 0.5) is 0 Å². The molecule has 0 spiro atoms. The van der Waals surface area contributed by atoms with Crippen molar-refractivity contribution < 1.29 is 4.79 Å². The third-order valence-electron chi connectivity index (χ3n) is 1.97. The minimum Gasteiger partial charge on any atom is -0.270 e. The highest BCUT2D eigenvalue weighted by atomic mass is 35.5. The predicted molar refractivity (Wildman–Crippen MR) is 78.6 cm³/mol. The Kier molecular flexibility index (Phi) is 6.75. The van der Waals surface area contributed by atoms with Gasteiger partial charge in [0.1, 0.15) is 0 Å². The van der Waals surface area contributed by atoms with E-state index in [0.717, 1.165) is 0 Å². The second-order valence-corrected chi connectivity index (χ2v) is 5.67. The van der Waals surface area contributed by atoms with Crippen LogP contribution in [-0.2, 0) is 0 Å². The monoisotopic (exact) mass is 330 g/mol. The van der Waals surface area contributed by atoms with E-state index in [1.54, 1.807) is 12.1 Å². The summed E-state index contributed by atoms with van der Waals surface area (Å²) in [5.74, 6) is -0.339. The minimum atomic E-state index is -0.382. The predicted octanol–water partition coefficient (Wildman–Crippen LogP) is 4.31. The maximum absolute atomic E-state index is 11.8. The van der Waals surface area contributed by atoms with Crippen LogP contribution >= 0.6 is 47.4 Å². The Labute approximate surface area is 128 Å². The highest BCUT2D eigenvalue weighted by molar-refractivity contribution is 6.42. The molecular weight excluding hydrogens is 318 g/mol. The first-order valence-electron chi connectivity index (χ1n) is 4.94. The Hall–Kier alpha value is -0.190. The Bertz CT molecular complexity index is 432. The van der Waals surface area contributed by atoms with E-state index in [0.29, 0.717) is 15.6 Å². The van der Waals surface area contributed by atoms with E-state index in [1.807, 2.05) is 20.8 Å². The lowest BCUT2D eigenvalue weighted by atomic mass is 10.1. The molecule has 0 aromatic heterocycles. The van der Waals surface area contributed by atoms with Crippen LogP contribution in [-0.4, -0.2) is 16.0 Å². The van der Waals surface area contributed by atoms with E-state index >= 15 is 0 Å². The smallest absolute Gasteiger partial charge is 0.266 e. The SMILES string of the molecule is CC(C)(C)N(Cl)NC(=O)c1ccc(Cl)c(Cl)c1.Cl. The summed E-state index contributed by atoms with van der Waals surface area (Å²) in [6.45, 7) is 5.61. The molecule has 1 amide bonds. The lowest BCUT2D eigenvalue weighted by Gasteiger charge is -2.28. The van der Waals surface area contributed by atoms with Crippen molar-refractivity contribution in [1.29, 1.82) is 0 Å². The summed E-state index contributed by atoms with van der Waals surface area (Å²) in [7, 11) is 0. The van der Waals surface area contributed by atoms with E-state index in [9.17, 15) is 4.79 Å². The van der Waals surface area contributed by atoms with E-state index < -0.39 is 0 Å². The second kappa shape index (κ2) is 6.83. The zero-order valence-corrected chi connectivity index (χ0v) is 13.2. The molecule has 0 heterocycles. The third-order valence-corrected chi connectivity index (χ3v) is 3.30. The van der Waals surface area contributed by atoms with Gasteiger partial charge in [0.05, 0.1) is 10.0 Å². The van der Waals surface area contributed by atoms with E-state index in [-0.39, 0.29) is 23.9 Å². The van der Waals surface area contributed by atoms with Crippen molar-refractivity contribution in [2.75, 3.05) is 0 Å². The van der Waals surface area contributed by atoms with Crippen LogP contribution in [0.25, 0.3) is 0 Å². The summed E-state index contributed by atoms with van der Waals surface area (Å²) in [5.41, 5.74) is 2.56. The maximum atomic E-state index is 11.8. The minimum absolute atomic E-state index is 0. The summed E-state index contributed by atoms with van der Waals surface area (Å²) in [6.07, 6.45) is 0. The average molecular weight is 332 g/mol. The molecule has 0 fully saturated rings. The Balaban J connectivity index is 0.00000289. The Morgan fingerprint density at radius 3 is 2.22 bits per heavy atom. The Morgan fingerprint density at radius 2 is 1.78 bits per heavy atom. The summed E-state index contributed by atoms with van der Waals surface area (Å²) in [6, 6.07) is 4.64. The van der Waals surface area contributed by atoms with E-state index in [1.165, 1.54) is 10.6 Å². The first kappa shape index (κ1) is 17.8. The van der Waals surface area contributed by atoms with Gasteiger partial charge in [-0.2, -0.15) is 0 Å². The van der Waals surface area contributed by atoms with Crippen molar-refractivity contribution in [3.63, 3.8) is 0 Å². The lowest BCUT2D eigenvalue weighted by Crippen LogP contribution is -2.46. The number of halogens is 4. The largest absolute Gasteiger partial charge is 0.270 e. The summed E-state index contributed by atoms with van der Waals surface area (Å²) in [5, 5.41) is 0.734. The summed E-state index contributed by atoms with van der Waals surface area (Å²) in [4.78, 5) is 11.8. The summed E-state index contributed by atoms with van der Waals surface area (Å²) >= 11 is 17.5. The van der Waals surface area contributed by atoms with Crippen molar-refractivity contribution >= 4 is 53.3 Å². The van der Waals surface area contributed by atoms with Crippen molar-refractivity contribution in [1.82, 2.24) is 9.95 Å². The second-order valence-electron chi connectivity index (χ2n) is 4.52. The molecule has 0 aliphatic rings. The molecule has 0 saturated carbocycles. The molecule has 1 aromatic carbocycles. The number of nitrogens with zero attached hydrogens (tertiary/aromatic N) is 1. The maximum Gasteiger partial charge on any atom is 0.266 e. The molecule has 0 unspecified atom stereocenters. The molecule has 1 rings (SSSR count). The van der Waals surface area contributed by atoms with E-state index in [4.69, 9.17) is 35.0 Å². The van der Waals surface area contributed by atoms with Gasteiger partial charge in [-0.05, 0) is 39.0 Å². The number of hydrogen-bond donors (Lipinski definition) is 1. The van der Waals surface area contributed by atoms with Gasteiger partial charge in [0.15, 0.2) is 0 Å². The molecule has 0 bridgehead atoms. The van der Waals surface area contributed by atoms with Gasteiger partial charge in [0, 0.05) is 22.9 Å². The van der Waals surface area contributed by atoms with Crippen LogP contribution in [0.15, 0.2) is 18.2 Å². The molecule has 0 radical (unpaired) electrons. The molecule has 1 N–H and O–H groups in total. The van der Waals surface area contributed by atoms with Crippen molar-refractivity contribution in [2.45, 2.75) is 26.3 Å². The molecule has 18 heavy (non-hydrogen) atoms. The van der Waals surface area contributed by atoms with Gasteiger partial charge in [-0.1, -0.05) is 23.2 Å². The number of carbonyl (C=O) groups excluding carboxylic acids is 1. The van der Waals surface area contributed by atoms with Crippen molar-refractivity contribution in [2.24, 2.45) is 0 Å². The van der Waals surface area contributed by atoms with Gasteiger partial charge in [-0.3, -0.25) is 10.2 Å². The number of rotatable bonds is 2. The van der Waals surface area contributed by atoms with Crippen LogP contribution in [0, 0.1) is 0 Å². The Morgan fingerprint density at radius 1 is 1.22 bits per heavy atom. The highest BCUT2D eigenvalue weighted by Gasteiger charge is 2.22. The fraction of sp³-hybridized carbons (Fsp3) is 0.364. The van der Waals surface area contributed by atoms with Crippen LogP contribution in [0.5, 0.6) is 0 Å². The summed E-state index contributed by atoms with van der Waals surface area (Å²) < 4.78 is 1.22. The normalized spacial score (nSPS) is 11.1. The van der Waals surface area contributed by atoms with Crippen molar-refractivity contribution in [3.05, 3.63) is 33.8 Å². The highest BCUT2D eigenvalue weighted by Crippen LogP contribution is 2.23. The molecule has 0 aliphatic heterocycles. The molecule has 0 aliphatic carbocycles. The van der Waals surface area contributed by atoms with Gasteiger partial charge in [0.25, 0.3) is 5.91 Å². The lowest BCUT2D eigenvalue weighted by molar-refractivity contribution is 0.0806. The topological polar surface area (TPSA) is 32.3 Å². The standard InChI is InChI=1S/C11H13Cl3N2O.ClH/c1-11(2,3)16(14)15-10(17)7-4-5-8(12)9(13)6-7;/h4-6H,1-3H3,(H,15,17);1H. The average Bonchev–Trinajstić information content (AvgIpc) is 2.20. The molecular formula is C11H14Cl4N2O. The first-order chi connectivity index (χ1) is 7.71. The third kappa shape index (κ3) is 4.82. The number of carbonyl (C=O) groups is 1. The number of benzene rings is 1. The quantitative estimate of drug-likeness (QED) is 0.646. The van der Waals surface area contributed by atoms with Gasteiger partial charge in [-0.25, -0.2) is 0 Å². The number of hydrazine groups is 1. The van der Waals surface area contributed by atoms with Crippen LogP contribution in [0.3, 0.4) is 0 Å². The van der Waals surface area contributed by atoms with Crippen LogP contribution < -0.4 is 5.43 Å². The van der Waals surface area contributed by atoms with Crippen LogP contribution in [0.2, 0.25) is 10.0 Å². The molecule has 102 valence electrons. The fourth-order valence-corrected chi connectivity index (χ4v) is 1.33. The zero-order chi connectivity index (χ0) is 13.2. The zero-order valence-electron chi connectivity index (χ0n) is 10.1. The van der Waals surface area contributed by atoms with Gasteiger partial charge >= 0.3 is 0 Å². The molecule has 0 saturated heterocycles. The van der Waals surface area contributed by atoms with Crippen LogP contribution in [0.1, 0.15) is 31.1 Å². The molecule has 3 nitrogen and oxygen atoms in total. The molecule has 7 heteroatoms. The first-order valence-corrected chi connectivity index (χ1v) is 6.03. The van der Waals surface area contributed by atoms with Gasteiger partial charge < -0.3 is 0 Å². The fourth-order valence-electron chi connectivity index (χ4n) is 0.959. The number of amides is 1. The number of hydrogen-bond acceptors (Lipinski definition) is 2. The number of nitrogens with one attached hydrogen (secondary N) is 1. The molecule has 0 atom stereocenters. The van der Waals surface area contributed by atoms with E-state index in [2.05, 4.69) is 5.43 Å². The van der Waals surface area contributed by atoms with Crippen molar-refractivity contribution in [3.8, 4) is 0 Å². The van der Waals surface area contributed by atoms with Gasteiger partial charge in [0.2, 0.25) is 0 Å². The molecule has 1 aromatic rings.